The highest BCUT2D eigenvalue weighted by Gasteiger charge is 2.20. The Morgan fingerprint density at radius 3 is 3.00 bits per heavy atom. The first-order valence-corrected chi connectivity index (χ1v) is 8.04. The minimum absolute atomic E-state index is 0.208. The molecule has 1 fully saturated rings. The van der Waals surface area contributed by atoms with E-state index in [1.54, 1.807) is 0 Å². The highest BCUT2D eigenvalue weighted by Crippen LogP contribution is 2.30. The summed E-state index contributed by atoms with van der Waals surface area (Å²) in [5.41, 5.74) is 0. The van der Waals surface area contributed by atoms with Crippen molar-refractivity contribution in [3.8, 4) is 0 Å². The highest BCUT2D eigenvalue weighted by atomic mass is 32.2. The van der Waals surface area contributed by atoms with E-state index >= 15 is 0 Å². The fourth-order valence-electron chi connectivity index (χ4n) is 2.69. The molecule has 18 heavy (non-hydrogen) atoms. The Kier molecular flexibility index (Phi) is 4.40. The lowest BCUT2D eigenvalue weighted by atomic mass is 9.81. The summed E-state index contributed by atoms with van der Waals surface area (Å²) in [5, 5.41) is 6.16. The molecule has 1 aromatic rings. The first kappa shape index (κ1) is 13.5. The standard InChI is InChI=1S/C12H21N3O2S/c1-10-3-2-4-11(7-10)5-6-15-18(16,17)12-8-13-14-9-12/h8-11,15H,2-7H2,1H3,(H,13,14). The van der Waals surface area contributed by atoms with Crippen LogP contribution in [-0.2, 0) is 10.0 Å². The molecule has 0 aliphatic heterocycles. The van der Waals surface area contributed by atoms with Crippen LogP contribution in [0, 0.1) is 11.8 Å². The van der Waals surface area contributed by atoms with Crippen molar-refractivity contribution in [2.24, 2.45) is 11.8 Å². The third-order valence-electron chi connectivity index (χ3n) is 3.67. The molecule has 1 aliphatic carbocycles. The van der Waals surface area contributed by atoms with E-state index in [4.69, 9.17) is 0 Å². The molecule has 0 bridgehead atoms. The molecule has 2 unspecified atom stereocenters. The van der Waals surface area contributed by atoms with E-state index in [0.717, 1.165) is 12.3 Å². The van der Waals surface area contributed by atoms with Gasteiger partial charge in [-0.25, -0.2) is 13.1 Å². The Bertz CT molecular complexity index is 456. The fourth-order valence-corrected chi connectivity index (χ4v) is 3.64. The predicted octanol–water partition coefficient (Wildman–Crippen LogP) is 1.90. The molecule has 6 heteroatoms. The molecule has 1 heterocycles. The first-order valence-electron chi connectivity index (χ1n) is 6.56. The van der Waals surface area contributed by atoms with Crippen molar-refractivity contribution in [2.75, 3.05) is 6.54 Å². The van der Waals surface area contributed by atoms with Crippen molar-refractivity contribution in [2.45, 2.75) is 43.9 Å². The molecule has 0 amide bonds. The molecule has 1 saturated carbocycles. The second-order valence-corrected chi connectivity index (χ2v) is 7.03. The lowest BCUT2D eigenvalue weighted by Gasteiger charge is -2.26. The second-order valence-electron chi connectivity index (χ2n) is 5.26. The van der Waals surface area contributed by atoms with Gasteiger partial charge >= 0.3 is 0 Å². The molecule has 1 aliphatic rings. The second kappa shape index (κ2) is 5.84. The average Bonchev–Trinajstić information content (AvgIpc) is 2.83. The summed E-state index contributed by atoms with van der Waals surface area (Å²) >= 11 is 0. The maximum atomic E-state index is 11.8. The molecule has 0 spiro atoms. The molecule has 0 saturated heterocycles. The largest absolute Gasteiger partial charge is 0.284 e. The maximum Gasteiger partial charge on any atom is 0.243 e. The molecule has 0 aromatic carbocycles. The van der Waals surface area contributed by atoms with E-state index in [2.05, 4.69) is 21.8 Å². The van der Waals surface area contributed by atoms with Gasteiger partial charge in [0.15, 0.2) is 0 Å². The third kappa shape index (κ3) is 3.55. The molecule has 2 atom stereocenters. The van der Waals surface area contributed by atoms with E-state index in [1.165, 1.54) is 38.1 Å². The fraction of sp³-hybridized carbons (Fsp3) is 0.750. The van der Waals surface area contributed by atoms with Gasteiger partial charge in [0.05, 0.1) is 6.20 Å². The molecular formula is C12H21N3O2S. The van der Waals surface area contributed by atoms with Crippen LogP contribution in [-0.4, -0.2) is 25.2 Å². The van der Waals surface area contributed by atoms with Gasteiger partial charge in [0.2, 0.25) is 10.0 Å². The van der Waals surface area contributed by atoms with Gasteiger partial charge in [0.1, 0.15) is 4.90 Å². The number of aromatic nitrogens is 2. The van der Waals surface area contributed by atoms with E-state index in [1.807, 2.05) is 0 Å². The molecule has 1 aromatic heterocycles. The summed E-state index contributed by atoms with van der Waals surface area (Å²) in [7, 11) is -3.38. The number of hydrogen-bond acceptors (Lipinski definition) is 3. The van der Waals surface area contributed by atoms with Crippen LogP contribution in [0.15, 0.2) is 17.3 Å². The van der Waals surface area contributed by atoms with Gasteiger partial charge in [-0.1, -0.05) is 26.2 Å². The molecular weight excluding hydrogens is 250 g/mol. The van der Waals surface area contributed by atoms with Crippen LogP contribution in [0.3, 0.4) is 0 Å². The Morgan fingerprint density at radius 2 is 2.33 bits per heavy atom. The molecule has 2 N–H and O–H groups in total. The average molecular weight is 271 g/mol. The molecule has 102 valence electrons. The van der Waals surface area contributed by atoms with Crippen molar-refractivity contribution in [1.82, 2.24) is 14.9 Å². The van der Waals surface area contributed by atoms with Crippen LogP contribution in [0.1, 0.15) is 39.0 Å². The van der Waals surface area contributed by atoms with E-state index in [0.29, 0.717) is 12.5 Å². The van der Waals surface area contributed by atoms with Crippen molar-refractivity contribution >= 4 is 10.0 Å². The van der Waals surface area contributed by atoms with Crippen molar-refractivity contribution in [1.29, 1.82) is 0 Å². The highest BCUT2D eigenvalue weighted by molar-refractivity contribution is 7.89. The Balaban J connectivity index is 1.78. The summed E-state index contributed by atoms with van der Waals surface area (Å²) in [6.45, 7) is 2.80. The molecule has 2 rings (SSSR count). The van der Waals surface area contributed by atoms with Gasteiger partial charge in [0.25, 0.3) is 0 Å². The zero-order chi connectivity index (χ0) is 13.0. The van der Waals surface area contributed by atoms with E-state index in [9.17, 15) is 8.42 Å². The van der Waals surface area contributed by atoms with Crippen LogP contribution in [0.25, 0.3) is 0 Å². The van der Waals surface area contributed by atoms with Crippen molar-refractivity contribution < 1.29 is 8.42 Å². The predicted molar refractivity (Wildman–Crippen MR) is 69.5 cm³/mol. The summed E-state index contributed by atoms with van der Waals surface area (Å²) in [6.07, 6.45) is 8.71. The number of H-pyrrole nitrogens is 1. The SMILES string of the molecule is CC1CCCC(CCNS(=O)(=O)c2cn[nH]c2)C1. The zero-order valence-corrected chi connectivity index (χ0v) is 11.5. The van der Waals surface area contributed by atoms with Crippen molar-refractivity contribution in [3.05, 3.63) is 12.4 Å². The number of rotatable bonds is 5. The van der Waals surface area contributed by atoms with Gasteiger partial charge in [-0.3, -0.25) is 5.10 Å². The minimum Gasteiger partial charge on any atom is -0.284 e. The van der Waals surface area contributed by atoms with Gasteiger partial charge in [-0.2, -0.15) is 5.10 Å². The number of sulfonamides is 1. The van der Waals surface area contributed by atoms with Crippen LogP contribution in [0.4, 0.5) is 0 Å². The normalized spacial score (nSPS) is 25.2. The van der Waals surface area contributed by atoms with E-state index in [-0.39, 0.29) is 4.90 Å². The lowest BCUT2D eigenvalue weighted by molar-refractivity contribution is 0.271. The van der Waals surface area contributed by atoms with Gasteiger partial charge in [-0.05, 0) is 24.7 Å². The van der Waals surface area contributed by atoms with E-state index < -0.39 is 10.0 Å². The Hall–Kier alpha value is -0.880. The molecule has 5 nitrogen and oxygen atoms in total. The third-order valence-corrected chi connectivity index (χ3v) is 5.10. The van der Waals surface area contributed by atoms with Crippen LogP contribution in [0.5, 0.6) is 0 Å². The smallest absolute Gasteiger partial charge is 0.243 e. The topological polar surface area (TPSA) is 74.8 Å². The van der Waals surface area contributed by atoms with Crippen LogP contribution in [0.2, 0.25) is 0 Å². The minimum atomic E-state index is -3.38. The Morgan fingerprint density at radius 1 is 1.50 bits per heavy atom. The number of hydrogen-bond donors (Lipinski definition) is 2. The van der Waals surface area contributed by atoms with Crippen LogP contribution >= 0.6 is 0 Å². The number of nitrogens with zero attached hydrogens (tertiary/aromatic N) is 1. The Labute approximate surface area is 108 Å². The summed E-state index contributed by atoms with van der Waals surface area (Å²) in [5.74, 6) is 1.45. The van der Waals surface area contributed by atoms with Gasteiger partial charge < -0.3 is 0 Å². The van der Waals surface area contributed by atoms with Gasteiger partial charge in [0, 0.05) is 12.7 Å². The summed E-state index contributed by atoms with van der Waals surface area (Å²) < 4.78 is 26.3. The number of nitrogens with one attached hydrogen (secondary N) is 2. The lowest BCUT2D eigenvalue weighted by Crippen LogP contribution is -2.27. The summed E-state index contributed by atoms with van der Waals surface area (Å²) in [6, 6.07) is 0. The maximum absolute atomic E-state index is 11.8. The van der Waals surface area contributed by atoms with Crippen LogP contribution < -0.4 is 4.72 Å². The number of aromatic amines is 1. The van der Waals surface area contributed by atoms with Gasteiger partial charge in [-0.15, -0.1) is 0 Å². The van der Waals surface area contributed by atoms with Crippen molar-refractivity contribution in [3.63, 3.8) is 0 Å². The zero-order valence-electron chi connectivity index (χ0n) is 10.7. The first-order chi connectivity index (χ1) is 8.58. The molecule has 0 radical (unpaired) electrons. The quantitative estimate of drug-likeness (QED) is 0.859. The summed E-state index contributed by atoms with van der Waals surface area (Å²) in [4.78, 5) is 0.208. The monoisotopic (exact) mass is 271 g/mol.